The molecule has 3 heteroatoms. The van der Waals surface area contributed by atoms with Crippen LogP contribution in [0.15, 0.2) is 48.5 Å². The second-order valence-corrected chi connectivity index (χ2v) is 5.63. The summed E-state index contributed by atoms with van der Waals surface area (Å²) in [6.07, 6.45) is -0.495. The molecule has 0 bridgehead atoms. The number of ether oxygens (including phenoxy) is 1. The van der Waals surface area contributed by atoms with Crippen LogP contribution < -0.4 is 4.74 Å². The first kappa shape index (κ1) is 15.5. The smallest absolute Gasteiger partial charge is 0.122 e. The van der Waals surface area contributed by atoms with E-state index in [-0.39, 0.29) is 6.61 Å². The number of hydrogen-bond donors (Lipinski definition) is 2. The van der Waals surface area contributed by atoms with E-state index in [9.17, 15) is 10.2 Å². The van der Waals surface area contributed by atoms with Crippen LogP contribution in [-0.2, 0) is 5.60 Å². The molecule has 0 aromatic heterocycles. The number of aryl methyl sites for hydroxylation is 1. The lowest BCUT2D eigenvalue weighted by Gasteiger charge is -2.24. The third-order valence-electron chi connectivity index (χ3n) is 3.59. The van der Waals surface area contributed by atoms with E-state index in [0.29, 0.717) is 0 Å². The Labute approximate surface area is 125 Å². The van der Waals surface area contributed by atoms with Gasteiger partial charge in [0.1, 0.15) is 18.0 Å². The number of aliphatic hydroxyl groups is 2. The molecular formula is C18H22O3. The Morgan fingerprint density at radius 2 is 1.81 bits per heavy atom. The van der Waals surface area contributed by atoms with Crippen LogP contribution in [0.2, 0.25) is 0 Å². The molecule has 0 saturated carbocycles. The van der Waals surface area contributed by atoms with Crippen molar-refractivity contribution >= 4 is 0 Å². The van der Waals surface area contributed by atoms with Crippen molar-refractivity contribution in [1.82, 2.24) is 0 Å². The standard InChI is InChI=1S/C18H22O3/c1-13-11-15(14(2)19)9-10-17(13)21-12-18(3,20)16-7-5-4-6-8-16/h4-11,14,19-20H,12H2,1-3H3. The molecule has 0 aliphatic rings. The van der Waals surface area contributed by atoms with Crippen LogP contribution in [-0.4, -0.2) is 16.8 Å². The highest BCUT2D eigenvalue weighted by atomic mass is 16.5. The molecule has 2 N–H and O–H groups in total. The summed E-state index contributed by atoms with van der Waals surface area (Å²) in [6, 6.07) is 15.0. The SMILES string of the molecule is Cc1cc(C(C)O)ccc1OCC(C)(O)c1ccccc1. The average Bonchev–Trinajstić information content (AvgIpc) is 2.46. The van der Waals surface area contributed by atoms with Gasteiger partial charge in [-0.3, -0.25) is 0 Å². The van der Waals surface area contributed by atoms with Crippen LogP contribution in [0, 0.1) is 6.92 Å². The lowest BCUT2D eigenvalue weighted by molar-refractivity contribution is 0.00737. The first-order valence-corrected chi connectivity index (χ1v) is 7.09. The minimum Gasteiger partial charge on any atom is -0.490 e. The molecule has 0 saturated heterocycles. The van der Waals surface area contributed by atoms with Gasteiger partial charge in [0, 0.05) is 0 Å². The van der Waals surface area contributed by atoms with Crippen molar-refractivity contribution < 1.29 is 14.9 Å². The molecule has 0 aliphatic carbocycles. The highest BCUT2D eigenvalue weighted by Crippen LogP contribution is 2.26. The zero-order valence-electron chi connectivity index (χ0n) is 12.7. The highest BCUT2D eigenvalue weighted by molar-refractivity contribution is 5.37. The Hall–Kier alpha value is -1.84. The summed E-state index contributed by atoms with van der Waals surface area (Å²) in [5, 5.41) is 20.1. The minimum atomic E-state index is -1.04. The zero-order valence-corrected chi connectivity index (χ0v) is 12.7. The quantitative estimate of drug-likeness (QED) is 0.886. The van der Waals surface area contributed by atoms with E-state index in [1.54, 1.807) is 13.8 Å². The fourth-order valence-electron chi connectivity index (χ4n) is 2.19. The minimum absolute atomic E-state index is 0.172. The van der Waals surface area contributed by atoms with Crippen molar-refractivity contribution in [2.75, 3.05) is 6.61 Å². The Morgan fingerprint density at radius 3 is 2.38 bits per heavy atom. The van der Waals surface area contributed by atoms with Crippen molar-refractivity contribution in [3.05, 3.63) is 65.2 Å². The molecule has 0 spiro atoms. The molecule has 2 rings (SSSR count). The normalized spacial score (nSPS) is 15.3. The molecule has 2 aromatic rings. The van der Waals surface area contributed by atoms with Crippen LogP contribution >= 0.6 is 0 Å². The Bertz CT molecular complexity index is 589. The van der Waals surface area contributed by atoms with E-state index < -0.39 is 11.7 Å². The maximum absolute atomic E-state index is 10.5. The molecule has 0 amide bonds. The third kappa shape index (κ3) is 3.84. The van der Waals surface area contributed by atoms with Gasteiger partial charge in [0.05, 0.1) is 6.10 Å². The Morgan fingerprint density at radius 1 is 1.14 bits per heavy atom. The number of benzene rings is 2. The summed E-state index contributed by atoms with van der Waals surface area (Å²) in [5.41, 5.74) is 1.58. The molecule has 0 heterocycles. The fourth-order valence-corrected chi connectivity index (χ4v) is 2.19. The molecule has 2 unspecified atom stereocenters. The van der Waals surface area contributed by atoms with Gasteiger partial charge in [0.15, 0.2) is 0 Å². The topological polar surface area (TPSA) is 49.7 Å². The average molecular weight is 286 g/mol. The number of hydrogen-bond acceptors (Lipinski definition) is 3. The predicted octanol–water partition coefficient (Wildman–Crippen LogP) is 3.33. The molecule has 0 aliphatic heterocycles. The van der Waals surface area contributed by atoms with Gasteiger partial charge in [-0.05, 0) is 49.6 Å². The molecule has 0 fully saturated rings. The van der Waals surface area contributed by atoms with E-state index in [1.165, 1.54) is 0 Å². The van der Waals surface area contributed by atoms with Gasteiger partial charge in [0.25, 0.3) is 0 Å². The summed E-state index contributed by atoms with van der Waals surface area (Å²) < 4.78 is 5.76. The van der Waals surface area contributed by atoms with Gasteiger partial charge in [-0.1, -0.05) is 36.4 Å². The summed E-state index contributed by atoms with van der Waals surface area (Å²) in [7, 11) is 0. The first-order chi connectivity index (χ1) is 9.90. The highest BCUT2D eigenvalue weighted by Gasteiger charge is 2.24. The van der Waals surface area contributed by atoms with Crippen LogP contribution in [0.4, 0.5) is 0 Å². The Kier molecular flexibility index (Phi) is 4.66. The Balaban J connectivity index is 2.09. The van der Waals surface area contributed by atoms with E-state index in [4.69, 9.17) is 4.74 Å². The van der Waals surface area contributed by atoms with Crippen molar-refractivity contribution in [3.63, 3.8) is 0 Å². The predicted molar refractivity (Wildman–Crippen MR) is 83.3 cm³/mol. The van der Waals surface area contributed by atoms with Gasteiger partial charge in [-0.25, -0.2) is 0 Å². The van der Waals surface area contributed by atoms with Crippen LogP contribution in [0.3, 0.4) is 0 Å². The first-order valence-electron chi connectivity index (χ1n) is 7.09. The van der Waals surface area contributed by atoms with Crippen molar-refractivity contribution in [1.29, 1.82) is 0 Å². The number of aliphatic hydroxyl groups excluding tert-OH is 1. The summed E-state index contributed by atoms with van der Waals surface area (Å²) in [4.78, 5) is 0. The van der Waals surface area contributed by atoms with Gasteiger partial charge < -0.3 is 14.9 Å². The molecule has 112 valence electrons. The van der Waals surface area contributed by atoms with E-state index >= 15 is 0 Å². The molecule has 2 aromatic carbocycles. The van der Waals surface area contributed by atoms with Crippen LogP contribution in [0.5, 0.6) is 5.75 Å². The van der Waals surface area contributed by atoms with Crippen LogP contribution in [0.25, 0.3) is 0 Å². The largest absolute Gasteiger partial charge is 0.490 e. The number of rotatable bonds is 5. The molecule has 21 heavy (non-hydrogen) atoms. The second kappa shape index (κ2) is 6.29. The molecule has 3 nitrogen and oxygen atoms in total. The summed E-state index contributed by atoms with van der Waals surface area (Å²) in [5.74, 6) is 0.718. The van der Waals surface area contributed by atoms with Crippen molar-refractivity contribution in [2.24, 2.45) is 0 Å². The van der Waals surface area contributed by atoms with Gasteiger partial charge in [-0.2, -0.15) is 0 Å². The van der Waals surface area contributed by atoms with Crippen LogP contribution in [0.1, 0.15) is 36.6 Å². The van der Waals surface area contributed by atoms with E-state index in [1.807, 2.05) is 55.5 Å². The molecular weight excluding hydrogens is 264 g/mol. The summed E-state index contributed by atoms with van der Waals surface area (Å²) in [6.45, 7) is 5.57. The molecule has 0 radical (unpaired) electrons. The van der Waals surface area contributed by atoms with Gasteiger partial charge in [0.2, 0.25) is 0 Å². The lowest BCUT2D eigenvalue weighted by atomic mass is 9.97. The summed E-state index contributed by atoms with van der Waals surface area (Å²) >= 11 is 0. The fraction of sp³-hybridized carbons (Fsp3) is 0.333. The zero-order chi connectivity index (χ0) is 15.5. The van der Waals surface area contributed by atoms with Gasteiger partial charge in [-0.15, -0.1) is 0 Å². The molecule has 2 atom stereocenters. The third-order valence-corrected chi connectivity index (χ3v) is 3.59. The monoisotopic (exact) mass is 286 g/mol. The maximum Gasteiger partial charge on any atom is 0.122 e. The van der Waals surface area contributed by atoms with Crippen molar-refractivity contribution in [2.45, 2.75) is 32.5 Å². The van der Waals surface area contributed by atoms with Gasteiger partial charge >= 0.3 is 0 Å². The van der Waals surface area contributed by atoms with E-state index in [2.05, 4.69) is 0 Å². The lowest BCUT2D eigenvalue weighted by Crippen LogP contribution is -2.29. The van der Waals surface area contributed by atoms with Crippen molar-refractivity contribution in [3.8, 4) is 5.75 Å². The second-order valence-electron chi connectivity index (χ2n) is 5.63. The maximum atomic E-state index is 10.5. The van der Waals surface area contributed by atoms with E-state index in [0.717, 1.165) is 22.4 Å².